The Hall–Kier alpha value is -0.310. The minimum Gasteiger partial charge on any atom is -0.363 e. The van der Waals surface area contributed by atoms with Gasteiger partial charge < -0.3 is 10.6 Å². The molecule has 0 radical (unpaired) electrons. The summed E-state index contributed by atoms with van der Waals surface area (Å²) in [5.74, 6) is 0. The molecule has 0 aromatic heterocycles. The van der Waals surface area contributed by atoms with E-state index in [-0.39, 0.29) is 5.54 Å². The molecule has 2 nitrogen and oxygen atoms in total. The summed E-state index contributed by atoms with van der Waals surface area (Å²) >= 11 is 5.16. The molecule has 0 fully saturated rings. The predicted molar refractivity (Wildman–Crippen MR) is 63.0 cm³/mol. The van der Waals surface area contributed by atoms with Gasteiger partial charge in [0, 0.05) is 12.1 Å². The molecule has 78 valence electrons. The molecule has 0 amide bonds. The Morgan fingerprint density at radius 3 is 2.31 bits per heavy atom. The van der Waals surface area contributed by atoms with E-state index in [0.717, 1.165) is 24.5 Å². The summed E-state index contributed by atoms with van der Waals surface area (Å²) in [6, 6.07) is 0. The molecule has 0 heterocycles. The molecule has 0 aromatic rings. The van der Waals surface area contributed by atoms with Crippen LogP contribution in [-0.4, -0.2) is 17.2 Å². The van der Waals surface area contributed by atoms with Crippen LogP contribution < -0.4 is 10.6 Å². The summed E-state index contributed by atoms with van der Waals surface area (Å²) < 4.78 is 0. The van der Waals surface area contributed by atoms with E-state index in [0.29, 0.717) is 0 Å². The van der Waals surface area contributed by atoms with E-state index in [2.05, 4.69) is 38.3 Å². The van der Waals surface area contributed by atoms with Crippen LogP contribution in [0.2, 0.25) is 0 Å². The Balaban J connectivity index is 3.75. The zero-order valence-corrected chi connectivity index (χ0v) is 10.1. The van der Waals surface area contributed by atoms with Crippen molar-refractivity contribution in [2.24, 2.45) is 0 Å². The van der Waals surface area contributed by atoms with Gasteiger partial charge in [-0.15, -0.1) is 0 Å². The molecule has 0 aromatic carbocycles. The minimum absolute atomic E-state index is 0.118. The zero-order chi connectivity index (χ0) is 10.3. The third-order valence-electron chi connectivity index (χ3n) is 1.86. The Kier molecular flexibility index (Phi) is 6.04. The Bertz CT molecular complexity index is 155. The van der Waals surface area contributed by atoms with Crippen molar-refractivity contribution in [2.75, 3.05) is 6.54 Å². The van der Waals surface area contributed by atoms with Crippen molar-refractivity contribution >= 4 is 17.3 Å². The van der Waals surface area contributed by atoms with Gasteiger partial charge in [0.15, 0.2) is 5.11 Å². The van der Waals surface area contributed by atoms with Gasteiger partial charge in [-0.2, -0.15) is 0 Å². The molecule has 3 heteroatoms. The molecule has 0 aliphatic rings. The van der Waals surface area contributed by atoms with E-state index in [9.17, 15) is 0 Å². The van der Waals surface area contributed by atoms with Gasteiger partial charge in [-0.05, 0) is 38.9 Å². The van der Waals surface area contributed by atoms with Crippen LogP contribution in [0.4, 0.5) is 0 Å². The predicted octanol–water partition coefficient (Wildman–Crippen LogP) is 2.44. The Morgan fingerprint density at radius 1 is 1.23 bits per heavy atom. The minimum atomic E-state index is 0.118. The standard InChI is InChI=1S/C10H22N2S/c1-5-7-10(3,4)12-9(13)11-8-6-2/h5-8H2,1-4H3,(H2,11,12,13). The van der Waals surface area contributed by atoms with Crippen LogP contribution in [-0.2, 0) is 0 Å². The molecule has 13 heavy (non-hydrogen) atoms. The lowest BCUT2D eigenvalue weighted by molar-refractivity contribution is 0.418. The Labute approximate surface area is 87.5 Å². The molecule has 0 aliphatic carbocycles. The Morgan fingerprint density at radius 2 is 1.85 bits per heavy atom. The van der Waals surface area contributed by atoms with Crippen molar-refractivity contribution in [1.29, 1.82) is 0 Å². The van der Waals surface area contributed by atoms with Crippen molar-refractivity contribution in [3.63, 3.8) is 0 Å². The molecule has 0 saturated carbocycles. The maximum Gasteiger partial charge on any atom is 0.166 e. The van der Waals surface area contributed by atoms with E-state index in [4.69, 9.17) is 12.2 Å². The summed E-state index contributed by atoms with van der Waals surface area (Å²) in [6.45, 7) is 9.62. The number of rotatable bonds is 5. The topological polar surface area (TPSA) is 24.1 Å². The first-order valence-electron chi connectivity index (χ1n) is 5.08. The van der Waals surface area contributed by atoms with Gasteiger partial charge in [0.1, 0.15) is 0 Å². The van der Waals surface area contributed by atoms with Gasteiger partial charge in [-0.3, -0.25) is 0 Å². The van der Waals surface area contributed by atoms with Crippen LogP contribution in [0.3, 0.4) is 0 Å². The molecular weight excluding hydrogens is 180 g/mol. The second-order valence-electron chi connectivity index (χ2n) is 4.01. The average molecular weight is 202 g/mol. The maximum atomic E-state index is 5.16. The number of thiocarbonyl (C=S) groups is 1. The smallest absolute Gasteiger partial charge is 0.166 e. The second kappa shape index (κ2) is 6.19. The number of hydrogen-bond donors (Lipinski definition) is 2. The van der Waals surface area contributed by atoms with Gasteiger partial charge >= 0.3 is 0 Å². The summed E-state index contributed by atoms with van der Waals surface area (Å²) in [7, 11) is 0. The first-order chi connectivity index (χ1) is 6.02. The van der Waals surface area contributed by atoms with Gasteiger partial charge in [0.2, 0.25) is 0 Å². The van der Waals surface area contributed by atoms with Crippen LogP contribution in [0.5, 0.6) is 0 Å². The highest BCUT2D eigenvalue weighted by Gasteiger charge is 2.16. The zero-order valence-electron chi connectivity index (χ0n) is 9.24. The number of nitrogens with one attached hydrogen (secondary N) is 2. The SMILES string of the molecule is CCCNC(=S)NC(C)(C)CCC. The first kappa shape index (κ1) is 12.7. The van der Waals surface area contributed by atoms with Crippen LogP contribution in [0.25, 0.3) is 0 Å². The van der Waals surface area contributed by atoms with Gasteiger partial charge in [-0.1, -0.05) is 20.3 Å². The highest BCUT2D eigenvalue weighted by molar-refractivity contribution is 7.80. The summed E-state index contributed by atoms with van der Waals surface area (Å²) in [4.78, 5) is 0. The third kappa shape index (κ3) is 6.82. The lowest BCUT2D eigenvalue weighted by atomic mass is 9.99. The molecule has 0 aliphatic heterocycles. The van der Waals surface area contributed by atoms with Crippen LogP contribution in [0.15, 0.2) is 0 Å². The fourth-order valence-corrected chi connectivity index (χ4v) is 1.66. The van der Waals surface area contributed by atoms with Crippen LogP contribution >= 0.6 is 12.2 Å². The van der Waals surface area contributed by atoms with Crippen LogP contribution in [0.1, 0.15) is 47.0 Å². The monoisotopic (exact) mass is 202 g/mol. The largest absolute Gasteiger partial charge is 0.363 e. The maximum absolute atomic E-state index is 5.16. The lowest BCUT2D eigenvalue weighted by Crippen LogP contribution is -2.48. The van der Waals surface area contributed by atoms with E-state index >= 15 is 0 Å². The summed E-state index contributed by atoms with van der Waals surface area (Å²) in [5.41, 5.74) is 0.118. The molecule has 0 unspecified atom stereocenters. The second-order valence-corrected chi connectivity index (χ2v) is 4.42. The molecule has 0 saturated heterocycles. The molecule has 0 spiro atoms. The van der Waals surface area contributed by atoms with E-state index in [1.54, 1.807) is 0 Å². The van der Waals surface area contributed by atoms with Crippen molar-refractivity contribution < 1.29 is 0 Å². The van der Waals surface area contributed by atoms with Crippen molar-refractivity contribution in [1.82, 2.24) is 10.6 Å². The fraction of sp³-hybridized carbons (Fsp3) is 0.900. The number of hydrogen-bond acceptors (Lipinski definition) is 1. The highest BCUT2D eigenvalue weighted by atomic mass is 32.1. The van der Waals surface area contributed by atoms with Gasteiger partial charge in [-0.25, -0.2) is 0 Å². The van der Waals surface area contributed by atoms with Gasteiger partial charge in [0.25, 0.3) is 0 Å². The van der Waals surface area contributed by atoms with E-state index in [1.165, 1.54) is 6.42 Å². The third-order valence-corrected chi connectivity index (χ3v) is 2.11. The lowest BCUT2D eigenvalue weighted by Gasteiger charge is -2.27. The molecule has 0 bridgehead atoms. The average Bonchev–Trinajstić information content (AvgIpc) is 1.99. The van der Waals surface area contributed by atoms with Gasteiger partial charge in [0.05, 0.1) is 0 Å². The molecule has 0 atom stereocenters. The fourth-order valence-electron chi connectivity index (χ4n) is 1.28. The molecule has 0 rings (SSSR count). The summed E-state index contributed by atoms with van der Waals surface area (Å²) in [5, 5.41) is 7.26. The highest BCUT2D eigenvalue weighted by Crippen LogP contribution is 2.09. The van der Waals surface area contributed by atoms with Crippen LogP contribution in [0, 0.1) is 0 Å². The molecule has 2 N–H and O–H groups in total. The van der Waals surface area contributed by atoms with E-state index < -0.39 is 0 Å². The molecular formula is C10H22N2S. The summed E-state index contributed by atoms with van der Waals surface area (Å²) in [6.07, 6.45) is 3.42. The normalized spacial score (nSPS) is 11.1. The van der Waals surface area contributed by atoms with E-state index in [1.807, 2.05) is 0 Å². The van der Waals surface area contributed by atoms with Crippen molar-refractivity contribution in [3.8, 4) is 0 Å². The van der Waals surface area contributed by atoms with Crippen molar-refractivity contribution in [2.45, 2.75) is 52.5 Å². The van der Waals surface area contributed by atoms with Crippen molar-refractivity contribution in [3.05, 3.63) is 0 Å². The first-order valence-corrected chi connectivity index (χ1v) is 5.48. The quantitative estimate of drug-likeness (QED) is 0.670.